The molecule has 0 bridgehead atoms. The van der Waals surface area contributed by atoms with Gasteiger partial charge in [-0.3, -0.25) is 14.4 Å². The van der Waals surface area contributed by atoms with Crippen LogP contribution in [0.1, 0.15) is 284 Å². The zero-order valence-corrected chi connectivity index (χ0v) is 37.9. The Morgan fingerprint density at radius 3 is 0.714 bits per heavy atom. The lowest BCUT2D eigenvalue weighted by atomic mass is 10.0. The standard InChI is InChI=1S/C50H96O6/c1-4-7-10-13-16-19-22-24-25-26-29-31-34-37-40-43-49(52)55-46-47(45-54-48(51)42-39-36-33-30-27-21-18-15-12-9-6-3)56-50(53)44-41-38-35-32-28-23-20-17-14-11-8-5-2/h47H,4-46H2,1-3H3. The van der Waals surface area contributed by atoms with Gasteiger partial charge in [0.15, 0.2) is 6.10 Å². The molecule has 0 aromatic carbocycles. The van der Waals surface area contributed by atoms with Crippen LogP contribution in [0.2, 0.25) is 0 Å². The van der Waals surface area contributed by atoms with Crippen LogP contribution in [-0.2, 0) is 28.6 Å². The summed E-state index contributed by atoms with van der Waals surface area (Å²) in [6.45, 7) is 6.66. The van der Waals surface area contributed by atoms with E-state index in [0.717, 1.165) is 57.8 Å². The molecule has 0 aromatic heterocycles. The molecule has 0 spiro atoms. The van der Waals surface area contributed by atoms with E-state index in [1.807, 2.05) is 0 Å². The Bertz CT molecular complexity index is 828. The Labute approximate surface area is 348 Å². The van der Waals surface area contributed by atoms with Gasteiger partial charge in [-0.25, -0.2) is 0 Å². The molecule has 0 saturated heterocycles. The summed E-state index contributed by atoms with van der Waals surface area (Å²) in [5, 5.41) is 0. The van der Waals surface area contributed by atoms with Crippen LogP contribution in [0.4, 0.5) is 0 Å². The quantitative estimate of drug-likeness (QED) is 0.0347. The van der Waals surface area contributed by atoms with E-state index < -0.39 is 6.10 Å². The van der Waals surface area contributed by atoms with Crippen LogP contribution < -0.4 is 0 Å². The summed E-state index contributed by atoms with van der Waals surface area (Å²) in [4.78, 5) is 37.8. The van der Waals surface area contributed by atoms with Crippen molar-refractivity contribution in [3.63, 3.8) is 0 Å². The van der Waals surface area contributed by atoms with Gasteiger partial charge in [0.05, 0.1) is 0 Å². The summed E-state index contributed by atoms with van der Waals surface area (Å²) in [7, 11) is 0. The summed E-state index contributed by atoms with van der Waals surface area (Å²) in [6.07, 6.45) is 47.9. The molecule has 56 heavy (non-hydrogen) atoms. The largest absolute Gasteiger partial charge is 0.462 e. The lowest BCUT2D eigenvalue weighted by molar-refractivity contribution is -0.167. The van der Waals surface area contributed by atoms with Crippen molar-refractivity contribution in [1.82, 2.24) is 0 Å². The van der Waals surface area contributed by atoms with Crippen LogP contribution in [0, 0.1) is 0 Å². The van der Waals surface area contributed by atoms with Crippen molar-refractivity contribution in [3.8, 4) is 0 Å². The fourth-order valence-corrected chi connectivity index (χ4v) is 7.56. The number of carbonyl (C=O) groups is 3. The number of hydrogen-bond acceptors (Lipinski definition) is 6. The van der Waals surface area contributed by atoms with Gasteiger partial charge in [-0.05, 0) is 19.3 Å². The smallest absolute Gasteiger partial charge is 0.306 e. The third-order valence-corrected chi connectivity index (χ3v) is 11.4. The molecular weight excluding hydrogens is 697 g/mol. The Morgan fingerprint density at radius 2 is 0.482 bits per heavy atom. The number of rotatable bonds is 46. The highest BCUT2D eigenvalue weighted by Gasteiger charge is 2.19. The topological polar surface area (TPSA) is 78.9 Å². The second-order valence-corrected chi connectivity index (χ2v) is 17.1. The summed E-state index contributed by atoms with van der Waals surface area (Å²) in [6, 6.07) is 0. The number of hydrogen-bond donors (Lipinski definition) is 0. The maximum Gasteiger partial charge on any atom is 0.306 e. The molecule has 0 radical (unpaired) electrons. The highest BCUT2D eigenvalue weighted by Crippen LogP contribution is 2.16. The van der Waals surface area contributed by atoms with E-state index in [0.29, 0.717) is 19.3 Å². The zero-order chi connectivity index (χ0) is 40.8. The van der Waals surface area contributed by atoms with Crippen molar-refractivity contribution in [2.45, 2.75) is 290 Å². The van der Waals surface area contributed by atoms with Crippen LogP contribution in [0.25, 0.3) is 0 Å². The summed E-state index contributed by atoms with van der Waals surface area (Å²) in [5.41, 5.74) is 0. The number of esters is 3. The van der Waals surface area contributed by atoms with Crippen LogP contribution >= 0.6 is 0 Å². The molecule has 6 heteroatoms. The molecule has 6 nitrogen and oxygen atoms in total. The molecule has 0 aliphatic heterocycles. The molecule has 0 aromatic rings. The van der Waals surface area contributed by atoms with Crippen molar-refractivity contribution < 1.29 is 28.6 Å². The molecular formula is C50H96O6. The Kier molecular flexibility index (Phi) is 44.8. The third-order valence-electron chi connectivity index (χ3n) is 11.4. The lowest BCUT2D eigenvalue weighted by Crippen LogP contribution is -2.30. The molecule has 0 rings (SSSR count). The minimum Gasteiger partial charge on any atom is -0.462 e. The van der Waals surface area contributed by atoms with Crippen LogP contribution in [0.3, 0.4) is 0 Å². The first-order chi connectivity index (χ1) is 27.5. The van der Waals surface area contributed by atoms with Gasteiger partial charge in [0, 0.05) is 19.3 Å². The predicted octanol–water partition coefficient (Wildman–Crippen LogP) is 16.0. The molecule has 0 heterocycles. The van der Waals surface area contributed by atoms with Gasteiger partial charge in [-0.15, -0.1) is 0 Å². The van der Waals surface area contributed by atoms with Crippen LogP contribution in [-0.4, -0.2) is 37.2 Å². The van der Waals surface area contributed by atoms with Gasteiger partial charge in [-0.2, -0.15) is 0 Å². The Hall–Kier alpha value is -1.59. The Balaban J connectivity index is 4.29. The van der Waals surface area contributed by atoms with Crippen molar-refractivity contribution in [3.05, 3.63) is 0 Å². The summed E-state index contributed by atoms with van der Waals surface area (Å²) >= 11 is 0. The van der Waals surface area contributed by atoms with Crippen LogP contribution in [0.5, 0.6) is 0 Å². The van der Waals surface area contributed by atoms with Crippen molar-refractivity contribution >= 4 is 17.9 Å². The maximum absolute atomic E-state index is 12.7. The normalized spacial score (nSPS) is 11.8. The summed E-state index contributed by atoms with van der Waals surface area (Å²) in [5.74, 6) is -0.844. The maximum atomic E-state index is 12.7. The van der Waals surface area contributed by atoms with Gasteiger partial charge in [0.25, 0.3) is 0 Å². The molecule has 0 saturated carbocycles. The average molecular weight is 793 g/mol. The molecule has 0 aliphatic carbocycles. The first-order valence-electron chi connectivity index (χ1n) is 25.0. The first kappa shape index (κ1) is 54.4. The van der Waals surface area contributed by atoms with Gasteiger partial charge in [0.2, 0.25) is 0 Å². The minimum absolute atomic E-state index is 0.0620. The molecule has 332 valence electrons. The van der Waals surface area contributed by atoms with Gasteiger partial charge >= 0.3 is 17.9 Å². The van der Waals surface area contributed by atoms with E-state index in [4.69, 9.17) is 14.2 Å². The second-order valence-electron chi connectivity index (χ2n) is 17.1. The van der Waals surface area contributed by atoms with Crippen molar-refractivity contribution in [2.24, 2.45) is 0 Å². The molecule has 1 unspecified atom stereocenters. The molecule has 0 amide bonds. The van der Waals surface area contributed by atoms with E-state index in [2.05, 4.69) is 20.8 Å². The number of carbonyl (C=O) groups excluding carboxylic acids is 3. The zero-order valence-electron chi connectivity index (χ0n) is 37.9. The fourth-order valence-electron chi connectivity index (χ4n) is 7.56. The van der Waals surface area contributed by atoms with Gasteiger partial charge < -0.3 is 14.2 Å². The Morgan fingerprint density at radius 1 is 0.286 bits per heavy atom. The highest BCUT2D eigenvalue weighted by atomic mass is 16.6. The fraction of sp³-hybridized carbons (Fsp3) is 0.940. The molecule has 0 aliphatic rings. The first-order valence-corrected chi connectivity index (χ1v) is 25.0. The van der Waals surface area contributed by atoms with E-state index in [-0.39, 0.29) is 31.1 Å². The molecule has 0 N–H and O–H groups in total. The van der Waals surface area contributed by atoms with Crippen molar-refractivity contribution in [2.75, 3.05) is 13.2 Å². The lowest BCUT2D eigenvalue weighted by Gasteiger charge is -2.18. The average Bonchev–Trinajstić information content (AvgIpc) is 3.19. The van der Waals surface area contributed by atoms with Crippen LogP contribution in [0.15, 0.2) is 0 Å². The summed E-state index contributed by atoms with van der Waals surface area (Å²) < 4.78 is 16.8. The van der Waals surface area contributed by atoms with E-state index >= 15 is 0 Å². The minimum atomic E-state index is -0.758. The number of ether oxygens (including phenoxy) is 3. The predicted molar refractivity (Wildman–Crippen MR) is 238 cm³/mol. The SMILES string of the molecule is CCCCCCCCCCCCCCCCCC(=O)OCC(COC(=O)CCCCCCCCCCCCC)OC(=O)CCCCCCCCCCCCCC. The van der Waals surface area contributed by atoms with E-state index in [9.17, 15) is 14.4 Å². The number of unbranched alkanes of at least 4 members (excludes halogenated alkanes) is 35. The van der Waals surface area contributed by atoms with E-state index in [1.165, 1.54) is 186 Å². The van der Waals surface area contributed by atoms with Gasteiger partial charge in [-0.1, -0.05) is 245 Å². The second kappa shape index (κ2) is 46.1. The van der Waals surface area contributed by atoms with E-state index in [1.54, 1.807) is 0 Å². The van der Waals surface area contributed by atoms with Gasteiger partial charge in [0.1, 0.15) is 13.2 Å². The monoisotopic (exact) mass is 793 g/mol. The highest BCUT2D eigenvalue weighted by molar-refractivity contribution is 5.71. The molecule has 0 fully saturated rings. The third kappa shape index (κ3) is 43.5. The van der Waals surface area contributed by atoms with Crippen molar-refractivity contribution in [1.29, 1.82) is 0 Å². The molecule has 1 atom stereocenters.